The van der Waals surface area contributed by atoms with E-state index in [-0.39, 0.29) is 18.3 Å². The van der Waals surface area contributed by atoms with Crippen LogP contribution in [-0.2, 0) is 11.3 Å². The van der Waals surface area contributed by atoms with Gasteiger partial charge in [0, 0.05) is 4.47 Å². The maximum atomic E-state index is 11.8. The lowest BCUT2D eigenvalue weighted by Crippen LogP contribution is -2.19. The first-order valence-electron chi connectivity index (χ1n) is 5.13. The summed E-state index contributed by atoms with van der Waals surface area (Å²) < 4.78 is 2.10. The Morgan fingerprint density at radius 2 is 2.37 bits per heavy atom. The number of carbonyl (C=O) groups is 1. The third-order valence-electron chi connectivity index (χ3n) is 2.15. The zero-order valence-electron chi connectivity index (χ0n) is 9.47. The Labute approximate surface area is 122 Å². The predicted molar refractivity (Wildman–Crippen MR) is 72.5 cm³/mol. The normalized spacial score (nSPS) is 9.95. The zero-order chi connectivity index (χ0) is 13.8. The van der Waals surface area contributed by atoms with Gasteiger partial charge in [0.05, 0.1) is 10.7 Å². The van der Waals surface area contributed by atoms with Crippen LogP contribution in [0, 0.1) is 11.3 Å². The van der Waals surface area contributed by atoms with E-state index in [9.17, 15) is 4.79 Å². The van der Waals surface area contributed by atoms with Gasteiger partial charge in [0.1, 0.15) is 18.9 Å². The van der Waals surface area contributed by atoms with E-state index in [1.165, 1.54) is 11.0 Å². The van der Waals surface area contributed by atoms with Crippen LogP contribution in [0.2, 0.25) is 5.02 Å². The molecule has 2 rings (SSSR count). The summed E-state index contributed by atoms with van der Waals surface area (Å²) >= 11 is 9.26. The van der Waals surface area contributed by atoms with E-state index >= 15 is 0 Å². The van der Waals surface area contributed by atoms with Crippen LogP contribution in [0.5, 0.6) is 0 Å². The molecule has 19 heavy (non-hydrogen) atoms. The fourth-order valence-electron chi connectivity index (χ4n) is 1.35. The van der Waals surface area contributed by atoms with Gasteiger partial charge in [-0.2, -0.15) is 5.26 Å². The molecule has 0 saturated heterocycles. The molecule has 96 valence electrons. The van der Waals surface area contributed by atoms with E-state index in [4.69, 9.17) is 16.9 Å². The summed E-state index contributed by atoms with van der Waals surface area (Å²) in [6, 6.07) is 6.92. The number of nitrogens with zero attached hydrogens (tertiary/aromatic N) is 4. The highest BCUT2D eigenvalue weighted by Gasteiger charge is 2.08. The molecular formula is C11H7BrClN5O. The minimum absolute atomic E-state index is 0.0227. The monoisotopic (exact) mass is 339 g/mol. The van der Waals surface area contributed by atoms with Crippen molar-refractivity contribution in [1.82, 2.24) is 14.8 Å². The second-order valence-electron chi connectivity index (χ2n) is 3.55. The van der Waals surface area contributed by atoms with E-state index in [1.807, 2.05) is 0 Å². The SMILES string of the molecule is N#Cc1ncn(CC(=O)Nc2ccc(Br)cc2Cl)n1. The molecule has 1 amide bonds. The molecule has 0 unspecified atom stereocenters. The smallest absolute Gasteiger partial charge is 0.252 e. The standard InChI is InChI=1S/C11H7BrClN5O/c12-7-1-2-9(8(13)3-7)16-11(19)5-18-6-15-10(4-14)17-18/h1-3,6H,5H2,(H,16,19). The molecule has 1 N–H and O–H groups in total. The highest BCUT2D eigenvalue weighted by molar-refractivity contribution is 9.10. The summed E-state index contributed by atoms with van der Waals surface area (Å²) in [6.45, 7) is -0.0406. The average molecular weight is 341 g/mol. The van der Waals surface area contributed by atoms with Crippen molar-refractivity contribution in [3.05, 3.63) is 39.8 Å². The third kappa shape index (κ3) is 3.53. The Hall–Kier alpha value is -1.91. The van der Waals surface area contributed by atoms with E-state index < -0.39 is 0 Å². The van der Waals surface area contributed by atoms with Gasteiger partial charge in [0.25, 0.3) is 5.82 Å². The van der Waals surface area contributed by atoms with Crippen LogP contribution >= 0.6 is 27.5 Å². The summed E-state index contributed by atoms with van der Waals surface area (Å²) in [7, 11) is 0. The number of aromatic nitrogens is 3. The number of hydrogen-bond donors (Lipinski definition) is 1. The molecule has 0 fully saturated rings. The highest BCUT2D eigenvalue weighted by Crippen LogP contribution is 2.25. The van der Waals surface area contributed by atoms with E-state index in [0.717, 1.165) is 4.47 Å². The quantitative estimate of drug-likeness (QED) is 0.928. The van der Waals surface area contributed by atoms with Crippen LogP contribution in [0.1, 0.15) is 5.82 Å². The van der Waals surface area contributed by atoms with Crippen molar-refractivity contribution < 1.29 is 4.79 Å². The lowest BCUT2D eigenvalue weighted by molar-refractivity contribution is -0.116. The Balaban J connectivity index is 2.03. The molecule has 0 spiro atoms. The molecular weight excluding hydrogens is 334 g/mol. The summed E-state index contributed by atoms with van der Waals surface area (Å²) in [5.41, 5.74) is 0.510. The van der Waals surface area contributed by atoms with Crippen LogP contribution in [0.4, 0.5) is 5.69 Å². The van der Waals surface area contributed by atoms with Crippen LogP contribution in [0.15, 0.2) is 29.0 Å². The molecule has 2 aromatic rings. The van der Waals surface area contributed by atoms with Crippen molar-refractivity contribution in [2.24, 2.45) is 0 Å². The summed E-state index contributed by atoms with van der Waals surface area (Å²) in [5, 5.41) is 15.4. The molecule has 1 aromatic heterocycles. The summed E-state index contributed by atoms with van der Waals surface area (Å²) in [4.78, 5) is 15.5. The number of benzene rings is 1. The summed E-state index contributed by atoms with van der Waals surface area (Å²) in [6.07, 6.45) is 1.32. The first-order valence-corrected chi connectivity index (χ1v) is 6.30. The fourth-order valence-corrected chi connectivity index (χ4v) is 2.07. The van der Waals surface area contributed by atoms with Gasteiger partial charge < -0.3 is 5.32 Å². The molecule has 0 radical (unpaired) electrons. The molecule has 0 saturated carbocycles. The molecule has 0 atom stereocenters. The molecule has 0 aliphatic carbocycles. The van der Waals surface area contributed by atoms with Crippen molar-refractivity contribution in [2.75, 3.05) is 5.32 Å². The summed E-state index contributed by atoms with van der Waals surface area (Å²) in [5.74, 6) is -0.284. The number of nitrogens with one attached hydrogen (secondary N) is 1. The Kier molecular flexibility index (Phi) is 4.14. The van der Waals surface area contributed by atoms with Crippen molar-refractivity contribution in [3.8, 4) is 6.07 Å². The number of amides is 1. The van der Waals surface area contributed by atoms with Gasteiger partial charge >= 0.3 is 0 Å². The number of anilines is 1. The first kappa shape index (κ1) is 13.5. The first-order chi connectivity index (χ1) is 9.08. The van der Waals surface area contributed by atoms with Gasteiger partial charge in [0.2, 0.25) is 5.91 Å². The van der Waals surface area contributed by atoms with E-state index in [1.54, 1.807) is 24.3 Å². The van der Waals surface area contributed by atoms with Gasteiger partial charge in [0.15, 0.2) is 0 Å². The molecule has 6 nitrogen and oxygen atoms in total. The number of rotatable bonds is 3. The molecule has 1 heterocycles. The zero-order valence-corrected chi connectivity index (χ0v) is 11.8. The largest absolute Gasteiger partial charge is 0.323 e. The van der Waals surface area contributed by atoms with Crippen molar-refractivity contribution in [3.63, 3.8) is 0 Å². The minimum Gasteiger partial charge on any atom is -0.323 e. The number of halogens is 2. The van der Waals surface area contributed by atoms with Gasteiger partial charge in [-0.3, -0.25) is 4.79 Å². The Morgan fingerprint density at radius 3 is 3.00 bits per heavy atom. The average Bonchev–Trinajstić information content (AvgIpc) is 2.80. The minimum atomic E-state index is -0.307. The lowest BCUT2D eigenvalue weighted by Gasteiger charge is -2.07. The fraction of sp³-hybridized carbons (Fsp3) is 0.0909. The molecule has 0 bridgehead atoms. The number of hydrogen-bond acceptors (Lipinski definition) is 4. The maximum Gasteiger partial charge on any atom is 0.252 e. The topological polar surface area (TPSA) is 83.6 Å². The van der Waals surface area contributed by atoms with Crippen molar-refractivity contribution in [1.29, 1.82) is 5.26 Å². The second-order valence-corrected chi connectivity index (χ2v) is 4.87. The van der Waals surface area contributed by atoms with Crippen LogP contribution in [-0.4, -0.2) is 20.7 Å². The van der Waals surface area contributed by atoms with Crippen molar-refractivity contribution >= 4 is 39.1 Å². The van der Waals surface area contributed by atoms with Crippen LogP contribution in [0.25, 0.3) is 0 Å². The molecule has 1 aromatic carbocycles. The highest BCUT2D eigenvalue weighted by atomic mass is 79.9. The second kappa shape index (κ2) is 5.82. The van der Waals surface area contributed by atoms with Crippen LogP contribution < -0.4 is 5.32 Å². The lowest BCUT2D eigenvalue weighted by atomic mass is 10.3. The van der Waals surface area contributed by atoms with Crippen molar-refractivity contribution in [2.45, 2.75) is 6.54 Å². The predicted octanol–water partition coefficient (Wildman–Crippen LogP) is 2.20. The van der Waals surface area contributed by atoms with Gasteiger partial charge in [-0.1, -0.05) is 27.5 Å². The molecule has 0 aliphatic rings. The van der Waals surface area contributed by atoms with Gasteiger partial charge in [-0.25, -0.2) is 9.67 Å². The third-order valence-corrected chi connectivity index (χ3v) is 2.95. The Morgan fingerprint density at radius 1 is 1.58 bits per heavy atom. The van der Waals surface area contributed by atoms with Gasteiger partial charge in [-0.05, 0) is 18.2 Å². The van der Waals surface area contributed by atoms with E-state index in [2.05, 4.69) is 31.3 Å². The van der Waals surface area contributed by atoms with Gasteiger partial charge in [-0.15, -0.1) is 5.10 Å². The molecule has 0 aliphatic heterocycles. The molecule has 8 heteroatoms. The Bertz CT molecular complexity index is 663. The van der Waals surface area contributed by atoms with Crippen LogP contribution in [0.3, 0.4) is 0 Å². The van der Waals surface area contributed by atoms with E-state index in [0.29, 0.717) is 10.7 Å². The number of nitriles is 1. The maximum absolute atomic E-state index is 11.8. The number of carbonyl (C=O) groups excluding carboxylic acids is 1.